The fourth-order valence-electron chi connectivity index (χ4n) is 2.84. The van der Waals surface area contributed by atoms with Crippen molar-refractivity contribution in [3.8, 4) is 11.5 Å². The molecule has 0 saturated heterocycles. The Morgan fingerprint density at radius 3 is 2.46 bits per heavy atom. The summed E-state index contributed by atoms with van der Waals surface area (Å²) in [5.41, 5.74) is 1.59. The molecule has 1 amide bonds. The van der Waals surface area contributed by atoms with Gasteiger partial charge < -0.3 is 19.2 Å². The molecule has 6 nitrogen and oxygen atoms in total. The van der Waals surface area contributed by atoms with Gasteiger partial charge in [-0.05, 0) is 24.3 Å². The lowest BCUT2D eigenvalue weighted by molar-refractivity contribution is 0.102. The number of carbonyl (C=O) groups is 1. The van der Waals surface area contributed by atoms with Gasteiger partial charge in [0.2, 0.25) is 0 Å². The predicted octanol–water partition coefficient (Wildman–Crippen LogP) is 3.90. The Kier molecular flexibility index (Phi) is 4.59. The number of hydrogen-bond acceptors (Lipinski definition) is 4. The monoisotopic (exact) mass is 353 g/mol. The van der Waals surface area contributed by atoms with Crippen LogP contribution in [0.5, 0.6) is 11.5 Å². The van der Waals surface area contributed by atoms with Crippen LogP contribution < -0.4 is 14.8 Å². The molecule has 3 aromatic rings. The molecule has 0 atom stereocenters. The SMILES string of the molecule is COc1ccc(NC(=O)c2nc(C(C)(C)C)n3ccccc23)cc1OC. The van der Waals surface area contributed by atoms with Gasteiger partial charge in [-0.3, -0.25) is 4.79 Å². The molecule has 0 saturated carbocycles. The molecule has 26 heavy (non-hydrogen) atoms. The van der Waals surface area contributed by atoms with Crippen LogP contribution in [0, 0.1) is 0 Å². The highest BCUT2D eigenvalue weighted by molar-refractivity contribution is 6.07. The number of carbonyl (C=O) groups excluding carboxylic acids is 1. The summed E-state index contributed by atoms with van der Waals surface area (Å²) >= 11 is 0. The molecular formula is C20H23N3O3. The number of imidazole rings is 1. The molecule has 0 unspecified atom stereocenters. The highest BCUT2D eigenvalue weighted by atomic mass is 16.5. The van der Waals surface area contributed by atoms with Crippen LogP contribution in [-0.4, -0.2) is 29.5 Å². The molecule has 3 rings (SSSR count). The summed E-state index contributed by atoms with van der Waals surface area (Å²) in [5, 5.41) is 2.89. The van der Waals surface area contributed by atoms with E-state index in [4.69, 9.17) is 9.47 Å². The highest BCUT2D eigenvalue weighted by Crippen LogP contribution is 2.30. The first-order chi connectivity index (χ1) is 12.3. The quantitative estimate of drug-likeness (QED) is 0.772. The van der Waals surface area contributed by atoms with Crippen molar-refractivity contribution < 1.29 is 14.3 Å². The van der Waals surface area contributed by atoms with Crippen LogP contribution in [0.4, 0.5) is 5.69 Å². The number of pyridine rings is 1. The maximum absolute atomic E-state index is 12.9. The molecule has 0 spiro atoms. The minimum absolute atomic E-state index is 0.188. The summed E-state index contributed by atoms with van der Waals surface area (Å²) in [6.45, 7) is 6.22. The van der Waals surface area contributed by atoms with E-state index in [1.54, 1.807) is 32.4 Å². The van der Waals surface area contributed by atoms with Gasteiger partial charge in [0.15, 0.2) is 17.2 Å². The lowest BCUT2D eigenvalue weighted by Crippen LogP contribution is -2.16. The van der Waals surface area contributed by atoms with Crippen molar-refractivity contribution >= 4 is 17.1 Å². The van der Waals surface area contributed by atoms with Crippen LogP contribution in [0.2, 0.25) is 0 Å². The fourth-order valence-corrected chi connectivity index (χ4v) is 2.84. The molecule has 6 heteroatoms. The van der Waals surface area contributed by atoms with Gasteiger partial charge in [-0.1, -0.05) is 26.8 Å². The van der Waals surface area contributed by atoms with Gasteiger partial charge in [-0.15, -0.1) is 0 Å². The lowest BCUT2D eigenvalue weighted by Gasteiger charge is -2.16. The maximum Gasteiger partial charge on any atom is 0.276 e. The molecule has 0 aliphatic rings. The Bertz CT molecular complexity index is 955. The Morgan fingerprint density at radius 1 is 1.08 bits per heavy atom. The minimum atomic E-state index is -0.267. The van der Waals surface area contributed by atoms with E-state index in [0.29, 0.717) is 22.9 Å². The molecule has 1 N–H and O–H groups in total. The molecule has 2 aromatic heterocycles. The summed E-state index contributed by atoms with van der Waals surface area (Å²) in [6.07, 6.45) is 1.93. The van der Waals surface area contributed by atoms with Crippen molar-refractivity contribution in [1.82, 2.24) is 9.38 Å². The zero-order valence-electron chi connectivity index (χ0n) is 15.7. The summed E-state index contributed by atoms with van der Waals surface area (Å²) in [4.78, 5) is 17.5. The Hall–Kier alpha value is -3.02. The fraction of sp³-hybridized carbons (Fsp3) is 0.300. The molecule has 0 bridgehead atoms. The van der Waals surface area contributed by atoms with E-state index in [2.05, 4.69) is 31.1 Å². The third-order valence-electron chi connectivity index (χ3n) is 4.08. The molecule has 136 valence electrons. The van der Waals surface area contributed by atoms with Crippen LogP contribution in [0.15, 0.2) is 42.6 Å². The van der Waals surface area contributed by atoms with E-state index in [-0.39, 0.29) is 11.3 Å². The zero-order chi connectivity index (χ0) is 18.9. The number of fused-ring (bicyclic) bond motifs is 1. The average molecular weight is 353 g/mol. The number of benzene rings is 1. The number of hydrogen-bond donors (Lipinski definition) is 1. The summed E-state index contributed by atoms with van der Waals surface area (Å²) < 4.78 is 12.5. The zero-order valence-corrected chi connectivity index (χ0v) is 15.7. The van der Waals surface area contributed by atoms with Crippen molar-refractivity contribution in [3.05, 3.63) is 54.1 Å². The van der Waals surface area contributed by atoms with Crippen LogP contribution in [0.3, 0.4) is 0 Å². The van der Waals surface area contributed by atoms with Gasteiger partial charge in [-0.2, -0.15) is 0 Å². The van der Waals surface area contributed by atoms with E-state index < -0.39 is 0 Å². The van der Waals surface area contributed by atoms with Gasteiger partial charge in [-0.25, -0.2) is 4.98 Å². The molecule has 2 heterocycles. The number of ether oxygens (including phenoxy) is 2. The second-order valence-electron chi connectivity index (χ2n) is 7.01. The molecule has 0 fully saturated rings. The van der Waals surface area contributed by atoms with Gasteiger partial charge in [0, 0.05) is 23.4 Å². The topological polar surface area (TPSA) is 64.9 Å². The van der Waals surface area contributed by atoms with Gasteiger partial charge >= 0.3 is 0 Å². The van der Waals surface area contributed by atoms with Crippen molar-refractivity contribution in [2.75, 3.05) is 19.5 Å². The largest absolute Gasteiger partial charge is 0.493 e. The third kappa shape index (κ3) is 3.22. The van der Waals surface area contributed by atoms with E-state index >= 15 is 0 Å². The Labute approximate surface area is 152 Å². The Morgan fingerprint density at radius 2 is 1.81 bits per heavy atom. The number of methoxy groups -OCH3 is 2. The lowest BCUT2D eigenvalue weighted by atomic mass is 9.96. The molecule has 0 aliphatic heterocycles. The maximum atomic E-state index is 12.9. The summed E-state index contributed by atoms with van der Waals surface area (Å²) in [7, 11) is 3.13. The van der Waals surface area contributed by atoms with E-state index in [1.807, 2.05) is 28.8 Å². The predicted molar refractivity (Wildman–Crippen MR) is 101 cm³/mol. The van der Waals surface area contributed by atoms with Gasteiger partial charge in [0.25, 0.3) is 5.91 Å². The van der Waals surface area contributed by atoms with Crippen LogP contribution in [-0.2, 0) is 5.41 Å². The van der Waals surface area contributed by atoms with E-state index in [1.165, 1.54) is 0 Å². The standard InChI is InChI=1S/C20H23N3O3/c1-20(2,3)19-22-17(14-8-6-7-11-23(14)19)18(24)21-13-9-10-15(25-4)16(12-13)26-5/h6-12H,1-5H3,(H,21,24). The van der Waals surface area contributed by atoms with Crippen molar-refractivity contribution in [2.24, 2.45) is 0 Å². The van der Waals surface area contributed by atoms with Gasteiger partial charge in [0.1, 0.15) is 5.82 Å². The normalized spacial score (nSPS) is 11.4. The van der Waals surface area contributed by atoms with Crippen molar-refractivity contribution in [1.29, 1.82) is 0 Å². The molecule has 1 aromatic carbocycles. The van der Waals surface area contributed by atoms with Gasteiger partial charge in [0.05, 0.1) is 19.7 Å². The number of anilines is 1. The summed E-state index contributed by atoms with van der Waals surface area (Å²) in [6, 6.07) is 11.0. The number of nitrogens with one attached hydrogen (secondary N) is 1. The molecule has 0 aliphatic carbocycles. The number of amides is 1. The van der Waals surface area contributed by atoms with Crippen LogP contribution in [0.1, 0.15) is 37.1 Å². The molecular weight excluding hydrogens is 330 g/mol. The summed E-state index contributed by atoms with van der Waals surface area (Å²) in [5.74, 6) is 1.73. The Balaban J connectivity index is 1.99. The first-order valence-corrected chi connectivity index (χ1v) is 8.36. The highest BCUT2D eigenvalue weighted by Gasteiger charge is 2.25. The molecule has 0 radical (unpaired) electrons. The van der Waals surface area contributed by atoms with E-state index in [9.17, 15) is 4.79 Å². The second-order valence-corrected chi connectivity index (χ2v) is 7.01. The van der Waals surface area contributed by atoms with Crippen molar-refractivity contribution in [2.45, 2.75) is 26.2 Å². The van der Waals surface area contributed by atoms with Crippen LogP contribution >= 0.6 is 0 Å². The first-order valence-electron chi connectivity index (χ1n) is 8.36. The number of rotatable bonds is 4. The minimum Gasteiger partial charge on any atom is -0.493 e. The van der Waals surface area contributed by atoms with Crippen molar-refractivity contribution in [3.63, 3.8) is 0 Å². The smallest absolute Gasteiger partial charge is 0.276 e. The average Bonchev–Trinajstić information content (AvgIpc) is 3.01. The van der Waals surface area contributed by atoms with Crippen LogP contribution in [0.25, 0.3) is 5.52 Å². The van der Waals surface area contributed by atoms with E-state index in [0.717, 1.165) is 11.3 Å². The first kappa shape index (κ1) is 17.8. The number of nitrogens with zero attached hydrogens (tertiary/aromatic N) is 2. The second kappa shape index (κ2) is 6.71. The third-order valence-corrected chi connectivity index (χ3v) is 4.08. The number of aromatic nitrogens is 2.